The average Bonchev–Trinajstić information content (AvgIpc) is 2.60. The molecule has 1 saturated heterocycles. The molecule has 0 saturated carbocycles. The first-order valence-corrected chi connectivity index (χ1v) is 10.00. The van der Waals surface area contributed by atoms with Crippen molar-refractivity contribution in [2.45, 2.75) is 39.2 Å². The van der Waals surface area contributed by atoms with Crippen molar-refractivity contribution in [1.82, 2.24) is 10.2 Å². The lowest BCUT2D eigenvalue weighted by molar-refractivity contribution is -0.133. The van der Waals surface area contributed by atoms with E-state index in [1.54, 1.807) is 11.8 Å². The van der Waals surface area contributed by atoms with Gasteiger partial charge < -0.3 is 10.2 Å². The summed E-state index contributed by atoms with van der Waals surface area (Å²) < 4.78 is 0. The monoisotopic (exact) mass is 348 g/mol. The van der Waals surface area contributed by atoms with Crippen LogP contribution in [0.3, 0.4) is 0 Å². The van der Waals surface area contributed by atoms with Gasteiger partial charge in [0.25, 0.3) is 5.91 Å². The van der Waals surface area contributed by atoms with Crippen LogP contribution >= 0.6 is 11.8 Å². The highest BCUT2D eigenvalue weighted by atomic mass is 32.2. The van der Waals surface area contributed by atoms with Gasteiger partial charge in [0.05, 0.1) is 5.41 Å². The van der Waals surface area contributed by atoms with Crippen LogP contribution in [-0.4, -0.2) is 47.9 Å². The zero-order chi connectivity index (χ0) is 17.6. The Morgan fingerprint density at radius 2 is 2.04 bits per heavy atom. The van der Waals surface area contributed by atoms with Crippen molar-refractivity contribution < 1.29 is 9.59 Å². The minimum Gasteiger partial charge on any atom is -0.353 e. The van der Waals surface area contributed by atoms with Crippen molar-refractivity contribution in [3.8, 4) is 0 Å². The van der Waals surface area contributed by atoms with Crippen LogP contribution in [0.4, 0.5) is 0 Å². The van der Waals surface area contributed by atoms with Crippen LogP contribution in [0.5, 0.6) is 0 Å². The quantitative estimate of drug-likeness (QED) is 0.859. The molecule has 24 heavy (non-hydrogen) atoms. The van der Waals surface area contributed by atoms with Crippen LogP contribution in [0, 0.1) is 5.41 Å². The molecule has 1 aromatic rings. The Balaban J connectivity index is 2.00. The van der Waals surface area contributed by atoms with E-state index in [-0.39, 0.29) is 17.9 Å². The van der Waals surface area contributed by atoms with Gasteiger partial charge in [-0.1, -0.05) is 18.2 Å². The number of hydrogen-bond acceptors (Lipinski definition) is 3. The van der Waals surface area contributed by atoms with E-state index in [1.807, 2.05) is 49.1 Å². The number of hydrogen-bond donors (Lipinski definition) is 1. The molecule has 1 fully saturated rings. The number of carbonyl (C=O) groups excluding carboxylic acids is 2. The minimum absolute atomic E-state index is 0.0183. The topological polar surface area (TPSA) is 49.4 Å². The summed E-state index contributed by atoms with van der Waals surface area (Å²) in [5.74, 6) is 1.13. The van der Waals surface area contributed by atoms with E-state index < -0.39 is 5.41 Å². The van der Waals surface area contributed by atoms with Gasteiger partial charge in [0.15, 0.2) is 0 Å². The molecule has 0 bridgehead atoms. The highest BCUT2D eigenvalue weighted by Crippen LogP contribution is 2.30. The van der Waals surface area contributed by atoms with Crippen molar-refractivity contribution in [2.24, 2.45) is 5.41 Å². The Hall–Kier alpha value is -1.49. The molecule has 0 aromatic heterocycles. The Bertz CT molecular complexity index is 564. The number of rotatable bonds is 6. The number of likely N-dealkylation sites (tertiary alicyclic amines) is 1. The average molecular weight is 349 g/mol. The molecule has 1 heterocycles. The van der Waals surface area contributed by atoms with Crippen LogP contribution < -0.4 is 5.32 Å². The standard InChI is InChI=1S/C19H28N2O2S/c1-15(10-13-24-3)20-18(23)19(2)11-7-12-21(14-19)17(22)16-8-5-4-6-9-16/h4-6,8-9,15H,7,10-14H2,1-3H3,(H,20,23)/t15-,19-/m1/s1. The molecule has 4 nitrogen and oxygen atoms in total. The Kier molecular flexibility index (Phi) is 6.72. The number of thioether (sulfide) groups is 1. The molecular weight excluding hydrogens is 320 g/mol. The summed E-state index contributed by atoms with van der Waals surface area (Å²) in [6, 6.07) is 9.48. The van der Waals surface area contributed by atoms with Crippen molar-refractivity contribution in [3.05, 3.63) is 35.9 Å². The molecule has 1 aliphatic heterocycles. The first kappa shape index (κ1) is 18.8. The van der Waals surface area contributed by atoms with E-state index in [2.05, 4.69) is 11.6 Å². The van der Waals surface area contributed by atoms with Crippen LogP contribution in [0.15, 0.2) is 30.3 Å². The third kappa shape index (κ3) is 4.76. The second-order valence-corrected chi connectivity index (χ2v) is 7.90. The van der Waals surface area contributed by atoms with Gasteiger partial charge in [-0.3, -0.25) is 9.59 Å². The molecule has 2 rings (SSSR count). The van der Waals surface area contributed by atoms with Crippen LogP contribution in [0.25, 0.3) is 0 Å². The SMILES string of the molecule is CSCC[C@@H](C)NC(=O)[C@]1(C)CCCN(C(=O)c2ccccc2)C1. The zero-order valence-corrected chi connectivity index (χ0v) is 15.7. The smallest absolute Gasteiger partial charge is 0.253 e. The lowest BCUT2D eigenvalue weighted by Gasteiger charge is -2.40. The lowest BCUT2D eigenvalue weighted by Crippen LogP contribution is -2.53. The molecule has 1 aromatic carbocycles. The highest BCUT2D eigenvalue weighted by molar-refractivity contribution is 7.98. The van der Waals surface area contributed by atoms with Crippen molar-refractivity contribution in [3.63, 3.8) is 0 Å². The number of benzene rings is 1. The van der Waals surface area contributed by atoms with Gasteiger partial charge in [-0.15, -0.1) is 0 Å². The van der Waals surface area contributed by atoms with Gasteiger partial charge in [-0.05, 0) is 57.3 Å². The molecule has 0 unspecified atom stereocenters. The molecule has 1 N–H and O–H groups in total. The van der Waals surface area contributed by atoms with Crippen LogP contribution in [-0.2, 0) is 4.79 Å². The summed E-state index contributed by atoms with van der Waals surface area (Å²) in [4.78, 5) is 27.2. The maximum atomic E-state index is 12.7. The second-order valence-electron chi connectivity index (χ2n) is 6.91. The Morgan fingerprint density at radius 3 is 2.71 bits per heavy atom. The highest BCUT2D eigenvalue weighted by Gasteiger charge is 2.39. The van der Waals surface area contributed by atoms with Gasteiger partial charge >= 0.3 is 0 Å². The Labute approximate surface area is 149 Å². The van der Waals surface area contributed by atoms with E-state index in [9.17, 15) is 9.59 Å². The Morgan fingerprint density at radius 1 is 1.33 bits per heavy atom. The van der Waals surface area contributed by atoms with Crippen LogP contribution in [0.2, 0.25) is 0 Å². The van der Waals surface area contributed by atoms with Crippen molar-refractivity contribution >= 4 is 23.6 Å². The lowest BCUT2D eigenvalue weighted by atomic mass is 9.80. The molecule has 132 valence electrons. The van der Waals surface area contributed by atoms with Crippen LogP contribution in [0.1, 0.15) is 43.5 Å². The van der Waals surface area contributed by atoms with Crippen molar-refractivity contribution in [1.29, 1.82) is 0 Å². The summed E-state index contributed by atoms with van der Waals surface area (Å²) in [5, 5.41) is 3.13. The minimum atomic E-state index is -0.504. The summed E-state index contributed by atoms with van der Waals surface area (Å²) in [5.41, 5.74) is 0.187. The molecule has 5 heteroatoms. The maximum absolute atomic E-state index is 12.7. The molecule has 0 radical (unpaired) electrons. The molecule has 0 spiro atoms. The predicted octanol–water partition coefficient (Wildman–Crippen LogP) is 3.19. The van der Waals surface area contributed by atoms with Gasteiger partial charge in [-0.25, -0.2) is 0 Å². The fourth-order valence-electron chi connectivity index (χ4n) is 3.13. The number of carbonyl (C=O) groups is 2. The summed E-state index contributed by atoms with van der Waals surface area (Å²) in [7, 11) is 0. The largest absolute Gasteiger partial charge is 0.353 e. The summed E-state index contributed by atoms with van der Waals surface area (Å²) in [6.07, 6.45) is 4.73. The van der Waals surface area contributed by atoms with E-state index in [4.69, 9.17) is 0 Å². The zero-order valence-electron chi connectivity index (χ0n) is 14.9. The molecule has 0 aliphatic carbocycles. The van der Waals surface area contributed by atoms with E-state index >= 15 is 0 Å². The third-order valence-electron chi connectivity index (χ3n) is 4.69. The number of piperidine rings is 1. The van der Waals surface area contributed by atoms with E-state index in [0.717, 1.165) is 31.6 Å². The molecule has 1 aliphatic rings. The predicted molar refractivity (Wildman–Crippen MR) is 100 cm³/mol. The molecule has 2 amide bonds. The summed E-state index contributed by atoms with van der Waals surface area (Å²) >= 11 is 1.79. The van der Waals surface area contributed by atoms with Gasteiger partial charge in [0.2, 0.25) is 5.91 Å². The van der Waals surface area contributed by atoms with Gasteiger partial charge in [0.1, 0.15) is 0 Å². The third-order valence-corrected chi connectivity index (χ3v) is 5.33. The van der Waals surface area contributed by atoms with E-state index in [1.165, 1.54) is 0 Å². The normalized spacial score (nSPS) is 22.0. The van der Waals surface area contributed by atoms with Gasteiger partial charge in [0, 0.05) is 24.7 Å². The number of nitrogens with one attached hydrogen (secondary N) is 1. The summed E-state index contributed by atoms with van der Waals surface area (Å²) in [6.45, 7) is 5.24. The fraction of sp³-hybridized carbons (Fsp3) is 0.579. The first-order valence-electron chi connectivity index (χ1n) is 8.60. The second kappa shape index (κ2) is 8.56. The fourth-order valence-corrected chi connectivity index (χ4v) is 3.72. The van der Waals surface area contributed by atoms with E-state index in [0.29, 0.717) is 12.1 Å². The molecule has 2 atom stereocenters. The van der Waals surface area contributed by atoms with Gasteiger partial charge in [-0.2, -0.15) is 11.8 Å². The first-order chi connectivity index (χ1) is 11.5. The molecular formula is C19H28N2O2S. The number of amides is 2. The van der Waals surface area contributed by atoms with Crippen molar-refractivity contribution in [2.75, 3.05) is 25.1 Å². The number of nitrogens with zero attached hydrogens (tertiary/aromatic N) is 1. The maximum Gasteiger partial charge on any atom is 0.253 e.